The summed E-state index contributed by atoms with van der Waals surface area (Å²) in [5.41, 5.74) is 8.18. The predicted octanol–water partition coefficient (Wildman–Crippen LogP) is 2.77. The number of nitrogens with zero attached hydrogens (tertiary/aromatic N) is 1. The summed E-state index contributed by atoms with van der Waals surface area (Å²) in [6.45, 7) is 0.0421. The number of nitrogens with two attached hydrogens (primary N) is 1. The molecule has 0 bridgehead atoms. The van der Waals surface area contributed by atoms with Gasteiger partial charge < -0.3 is 25.3 Å². The van der Waals surface area contributed by atoms with E-state index in [0.29, 0.717) is 28.6 Å². The summed E-state index contributed by atoms with van der Waals surface area (Å²) in [4.78, 5) is 12.1. The molecule has 0 unspecified atom stereocenters. The van der Waals surface area contributed by atoms with Gasteiger partial charge in [0.05, 0.1) is 16.4 Å². The number of carbonyl (C=O) groups is 1. The summed E-state index contributed by atoms with van der Waals surface area (Å²) in [5.74, 6) is -0.522. The second kappa shape index (κ2) is 7.54. The van der Waals surface area contributed by atoms with E-state index in [1.807, 2.05) is 22.8 Å². The molecule has 0 aliphatic heterocycles. The van der Waals surface area contributed by atoms with Crippen LogP contribution in [0, 0.1) is 5.82 Å². The fourth-order valence-corrected chi connectivity index (χ4v) is 3.63. The first kappa shape index (κ1) is 18.9. The van der Waals surface area contributed by atoms with E-state index in [0.717, 1.165) is 16.6 Å². The van der Waals surface area contributed by atoms with Gasteiger partial charge >= 0.3 is 0 Å². The lowest BCUT2D eigenvalue weighted by atomic mass is 10.1. The van der Waals surface area contributed by atoms with E-state index >= 15 is 0 Å². The number of aromatic nitrogens is 1. The molecule has 148 valence electrons. The van der Waals surface area contributed by atoms with Crippen molar-refractivity contribution in [1.29, 1.82) is 0 Å². The second-order valence-corrected chi connectivity index (χ2v) is 6.72. The molecule has 4 N–H and O–H groups in total. The van der Waals surface area contributed by atoms with Crippen LogP contribution in [0.1, 0.15) is 15.9 Å². The predicted molar refractivity (Wildman–Crippen MR) is 107 cm³/mol. The van der Waals surface area contributed by atoms with E-state index < -0.39 is 12.2 Å². The average molecular weight is 394 g/mol. The van der Waals surface area contributed by atoms with Crippen LogP contribution in [0.4, 0.5) is 4.39 Å². The van der Waals surface area contributed by atoms with Gasteiger partial charge in [0.25, 0.3) is 0 Å². The van der Waals surface area contributed by atoms with Crippen molar-refractivity contribution in [3.05, 3.63) is 77.6 Å². The number of halogens is 1. The van der Waals surface area contributed by atoms with Crippen molar-refractivity contribution in [2.45, 2.75) is 12.8 Å². The highest BCUT2D eigenvalue weighted by Crippen LogP contribution is 2.38. The fraction of sp³-hybridized carbons (Fsp3) is 0.136. The minimum absolute atomic E-state index is 0.325. The first-order chi connectivity index (χ1) is 14.0. The lowest BCUT2D eigenvalue weighted by Crippen LogP contribution is -2.16. The Labute approximate surface area is 165 Å². The van der Waals surface area contributed by atoms with E-state index in [9.17, 15) is 19.4 Å². The van der Waals surface area contributed by atoms with Crippen LogP contribution in [0.5, 0.6) is 5.75 Å². The van der Waals surface area contributed by atoms with Crippen molar-refractivity contribution in [1.82, 2.24) is 4.57 Å². The number of aliphatic hydroxyl groups is 2. The van der Waals surface area contributed by atoms with Crippen LogP contribution in [-0.2, 0) is 6.54 Å². The molecule has 0 aliphatic rings. The number of carbonyl (C=O) groups excluding carboxylic acids is 1. The molecule has 0 radical (unpaired) electrons. The highest BCUT2D eigenvalue weighted by Gasteiger charge is 2.20. The molecule has 0 atom stereocenters. The number of rotatable bonds is 6. The largest absolute Gasteiger partial charge is 0.488 e. The topological polar surface area (TPSA) is 97.7 Å². The summed E-state index contributed by atoms with van der Waals surface area (Å²) in [7, 11) is 0. The Morgan fingerprint density at radius 3 is 2.41 bits per heavy atom. The molecule has 4 aromatic rings. The smallest absolute Gasteiger partial charge is 0.249 e. The van der Waals surface area contributed by atoms with Gasteiger partial charge in [-0.3, -0.25) is 4.79 Å². The van der Waals surface area contributed by atoms with Crippen molar-refractivity contribution in [2.75, 3.05) is 6.61 Å². The van der Waals surface area contributed by atoms with Gasteiger partial charge in [0.1, 0.15) is 18.2 Å². The summed E-state index contributed by atoms with van der Waals surface area (Å²) in [6, 6.07) is 16.8. The van der Waals surface area contributed by atoms with Crippen LogP contribution >= 0.6 is 0 Å². The number of amides is 1. The third kappa shape index (κ3) is 3.53. The molecule has 4 rings (SSSR count). The van der Waals surface area contributed by atoms with Gasteiger partial charge in [-0.05, 0) is 42.0 Å². The number of benzene rings is 3. The first-order valence-electron chi connectivity index (χ1n) is 9.03. The highest BCUT2D eigenvalue weighted by atomic mass is 19.1. The van der Waals surface area contributed by atoms with Crippen LogP contribution in [0.2, 0.25) is 0 Å². The molecular formula is C22H19FN2O4. The average Bonchev–Trinajstić information content (AvgIpc) is 3.01. The molecule has 0 saturated heterocycles. The second-order valence-electron chi connectivity index (χ2n) is 6.72. The maximum Gasteiger partial charge on any atom is 0.249 e. The number of hydrogen-bond donors (Lipinski definition) is 3. The van der Waals surface area contributed by atoms with Gasteiger partial charge in [0.2, 0.25) is 5.91 Å². The zero-order valence-corrected chi connectivity index (χ0v) is 15.4. The molecule has 0 spiro atoms. The van der Waals surface area contributed by atoms with Crippen molar-refractivity contribution in [2.24, 2.45) is 5.73 Å². The Kier molecular flexibility index (Phi) is 4.92. The molecule has 1 aromatic heterocycles. The molecule has 7 heteroatoms. The number of fused-ring (bicyclic) bond motifs is 3. The lowest BCUT2D eigenvalue weighted by Gasteiger charge is -2.10. The molecular weight excluding hydrogens is 375 g/mol. The summed E-state index contributed by atoms with van der Waals surface area (Å²) in [6.07, 6.45) is -1.64. The molecule has 3 aromatic carbocycles. The molecule has 0 aliphatic carbocycles. The van der Waals surface area contributed by atoms with E-state index in [1.54, 1.807) is 30.3 Å². The summed E-state index contributed by atoms with van der Waals surface area (Å²) in [5, 5.41) is 19.6. The SMILES string of the molecule is NC(=O)c1cccc2c1c1c(OCC(O)O)cccc1n2Cc1cccc(F)c1. The van der Waals surface area contributed by atoms with Crippen molar-refractivity contribution in [3.8, 4) is 5.75 Å². The van der Waals surface area contributed by atoms with E-state index in [4.69, 9.17) is 10.5 Å². The monoisotopic (exact) mass is 394 g/mol. The van der Waals surface area contributed by atoms with Crippen LogP contribution in [0.25, 0.3) is 21.8 Å². The standard InChI is InChI=1S/C22H19FN2O4/c23-14-5-1-4-13(10-14)11-25-16-7-2-6-15(22(24)28)20(16)21-17(25)8-3-9-18(21)29-12-19(26)27/h1-10,19,26-27H,11-12H2,(H2,24,28). The molecule has 0 fully saturated rings. The van der Waals surface area contributed by atoms with Crippen LogP contribution in [0.15, 0.2) is 60.7 Å². The van der Waals surface area contributed by atoms with E-state index in [2.05, 4.69) is 0 Å². The quantitative estimate of drug-likeness (QED) is 0.438. The fourth-order valence-electron chi connectivity index (χ4n) is 3.63. The third-order valence-corrected chi connectivity index (χ3v) is 4.76. The Hall–Kier alpha value is -3.42. The van der Waals surface area contributed by atoms with Crippen molar-refractivity contribution in [3.63, 3.8) is 0 Å². The summed E-state index contributed by atoms with van der Waals surface area (Å²) >= 11 is 0. The Bertz CT molecular complexity index is 1220. The van der Waals surface area contributed by atoms with Gasteiger partial charge in [-0.25, -0.2) is 4.39 Å². The molecule has 1 amide bonds. The van der Waals surface area contributed by atoms with Crippen LogP contribution in [-0.4, -0.2) is 33.6 Å². The van der Waals surface area contributed by atoms with Crippen LogP contribution in [0.3, 0.4) is 0 Å². The number of aliphatic hydroxyl groups excluding tert-OH is 1. The van der Waals surface area contributed by atoms with E-state index in [1.165, 1.54) is 12.1 Å². The number of hydrogen-bond acceptors (Lipinski definition) is 4. The Morgan fingerprint density at radius 1 is 1.03 bits per heavy atom. The minimum Gasteiger partial charge on any atom is -0.488 e. The maximum absolute atomic E-state index is 13.7. The Morgan fingerprint density at radius 2 is 1.72 bits per heavy atom. The van der Waals surface area contributed by atoms with Crippen molar-refractivity contribution < 1.29 is 24.1 Å². The number of primary amides is 1. The first-order valence-corrected chi connectivity index (χ1v) is 9.03. The van der Waals surface area contributed by atoms with Gasteiger partial charge in [-0.1, -0.05) is 24.3 Å². The zero-order valence-electron chi connectivity index (χ0n) is 15.4. The van der Waals surface area contributed by atoms with Gasteiger partial charge in [0, 0.05) is 17.5 Å². The number of ether oxygens (including phenoxy) is 1. The zero-order chi connectivity index (χ0) is 20.5. The van der Waals surface area contributed by atoms with Crippen LogP contribution < -0.4 is 10.5 Å². The normalized spacial score (nSPS) is 11.4. The van der Waals surface area contributed by atoms with E-state index in [-0.39, 0.29) is 12.4 Å². The van der Waals surface area contributed by atoms with Gasteiger partial charge in [-0.15, -0.1) is 0 Å². The molecule has 29 heavy (non-hydrogen) atoms. The molecule has 1 heterocycles. The summed E-state index contributed by atoms with van der Waals surface area (Å²) < 4.78 is 21.2. The Balaban J connectivity index is 2.00. The molecule has 6 nitrogen and oxygen atoms in total. The van der Waals surface area contributed by atoms with Gasteiger partial charge in [-0.2, -0.15) is 0 Å². The van der Waals surface area contributed by atoms with Crippen molar-refractivity contribution >= 4 is 27.7 Å². The third-order valence-electron chi connectivity index (χ3n) is 4.76. The highest BCUT2D eigenvalue weighted by molar-refractivity contribution is 6.19. The lowest BCUT2D eigenvalue weighted by molar-refractivity contribution is -0.0677. The molecule has 0 saturated carbocycles. The van der Waals surface area contributed by atoms with Gasteiger partial charge in [0.15, 0.2) is 6.29 Å². The maximum atomic E-state index is 13.7. The minimum atomic E-state index is -1.64.